The Morgan fingerprint density at radius 3 is 2.76 bits per heavy atom. The van der Waals surface area contributed by atoms with Crippen molar-refractivity contribution in [3.63, 3.8) is 0 Å². The Hall–Kier alpha value is -2.71. The molecule has 0 fully saturated rings. The van der Waals surface area contributed by atoms with Crippen molar-refractivity contribution in [1.82, 2.24) is 0 Å². The van der Waals surface area contributed by atoms with Crippen LogP contribution in [-0.2, 0) is 0 Å². The largest absolute Gasteiger partial charge is 0.454 e. The van der Waals surface area contributed by atoms with Gasteiger partial charge in [0.25, 0.3) is 5.91 Å². The van der Waals surface area contributed by atoms with Gasteiger partial charge >= 0.3 is 0 Å². The average molecular weight is 301 g/mol. The highest BCUT2D eigenvalue weighted by molar-refractivity contribution is 6.34. The van der Waals surface area contributed by atoms with Crippen LogP contribution in [0, 0.1) is 11.3 Å². The molecule has 2 aromatic carbocycles. The number of carbonyl (C=O) groups is 1. The standard InChI is InChI=1S/C15H9ClN2O3/c16-11-5-13-14(21-8-20-13)6-12(11)18-15(19)10-3-1-2-9(4-10)7-17/h1-6H,8H2,(H,18,19). The molecule has 1 heterocycles. The Bertz CT molecular complexity index is 768. The zero-order valence-corrected chi connectivity index (χ0v) is 11.5. The molecule has 0 aliphatic carbocycles. The topological polar surface area (TPSA) is 71.4 Å². The van der Waals surface area contributed by atoms with Crippen LogP contribution >= 0.6 is 11.6 Å². The first-order valence-electron chi connectivity index (χ1n) is 6.08. The van der Waals surface area contributed by atoms with E-state index < -0.39 is 0 Å². The van der Waals surface area contributed by atoms with Crippen LogP contribution in [0.1, 0.15) is 15.9 Å². The fourth-order valence-corrected chi connectivity index (χ4v) is 2.14. The van der Waals surface area contributed by atoms with Gasteiger partial charge in [0.1, 0.15) is 0 Å². The van der Waals surface area contributed by atoms with Gasteiger partial charge in [0, 0.05) is 17.7 Å². The molecule has 0 saturated carbocycles. The molecular weight excluding hydrogens is 292 g/mol. The summed E-state index contributed by atoms with van der Waals surface area (Å²) in [6.45, 7) is 0.132. The monoisotopic (exact) mass is 300 g/mol. The molecule has 1 N–H and O–H groups in total. The maximum absolute atomic E-state index is 12.2. The van der Waals surface area contributed by atoms with Crippen molar-refractivity contribution in [3.05, 3.63) is 52.5 Å². The number of hydrogen-bond donors (Lipinski definition) is 1. The smallest absolute Gasteiger partial charge is 0.255 e. The molecule has 2 aromatic rings. The first kappa shape index (κ1) is 13.3. The lowest BCUT2D eigenvalue weighted by atomic mass is 10.1. The van der Waals surface area contributed by atoms with Crippen LogP contribution in [0.4, 0.5) is 5.69 Å². The molecule has 21 heavy (non-hydrogen) atoms. The molecule has 1 aliphatic heterocycles. The number of anilines is 1. The lowest BCUT2D eigenvalue weighted by Gasteiger charge is -2.08. The van der Waals surface area contributed by atoms with Crippen LogP contribution in [0.3, 0.4) is 0 Å². The molecule has 0 aromatic heterocycles. The third kappa shape index (κ3) is 2.62. The van der Waals surface area contributed by atoms with Gasteiger partial charge in [0.05, 0.1) is 22.3 Å². The van der Waals surface area contributed by atoms with Crippen LogP contribution in [0.25, 0.3) is 0 Å². The summed E-state index contributed by atoms with van der Waals surface area (Å²) in [6.07, 6.45) is 0. The fourth-order valence-electron chi connectivity index (χ4n) is 1.94. The van der Waals surface area contributed by atoms with Crippen LogP contribution < -0.4 is 14.8 Å². The zero-order chi connectivity index (χ0) is 14.8. The van der Waals surface area contributed by atoms with Crippen LogP contribution in [0.15, 0.2) is 36.4 Å². The quantitative estimate of drug-likeness (QED) is 0.924. The summed E-state index contributed by atoms with van der Waals surface area (Å²) in [6, 6.07) is 11.6. The highest BCUT2D eigenvalue weighted by Crippen LogP contribution is 2.39. The minimum absolute atomic E-state index is 0.132. The fraction of sp³-hybridized carbons (Fsp3) is 0.0667. The number of fused-ring (bicyclic) bond motifs is 1. The second-order valence-corrected chi connectivity index (χ2v) is 4.74. The highest BCUT2D eigenvalue weighted by atomic mass is 35.5. The predicted octanol–water partition coefficient (Wildman–Crippen LogP) is 3.19. The Morgan fingerprint density at radius 1 is 1.24 bits per heavy atom. The molecule has 0 atom stereocenters. The average Bonchev–Trinajstić information content (AvgIpc) is 2.94. The number of ether oxygens (including phenoxy) is 2. The van der Waals surface area contributed by atoms with Gasteiger partial charge in [0.15, 0.2) is 11.5 Å². The molecule has 1 amide bonds. The van der Waals surface area contributed by atoms with Crippen molar-refractivity contribution >= 4 is 23.2 Å². The summed E-state index contributed by atoms with van der Waals surface area (Å²) < 4.78 is 10.4. The number of carbonyl (C=O) groups excluding carboxylic acids is 1. The van der Waals surface area contributed by atoms with E-state index in [2.05, 4.69) is 5.32 Å². The Kier molecular flexibility index (Phi) is 3.38. The minimum Gasteiger partial charge on any atom is -0.454 e. The number of hydrogen-bond acceptors (Lipinski definition) is 4. The van der Waals surface area contributed by atoms with E-state index in [1.54, 1.807) is 30.3 Å². The molecule has 104 valence electrons. The van der Waals surface area contributed by atoms with E-state index >= 15 is 0 Å². The van der Waals surface area contributed by atoms with Crippen molar-refractivity contribution in [1.29, 1.82) is 5.26 Å². The molecule has 0 radical (unpaired) electrons. The zero-order valence-electron chi connectivity index (χ0n) is 10.7. The molecule has 5 nitrogen and oxygen atoms in total. The van der Waals surface area contributed by atoms with Gasteiger partial charge in [-0.15, -0.1) is 0 Å². The first-order valence-corrected chi connectivity index (χ1v) is 6.46. The van der Waals surface area contributed by atoms with Gasteiger partial charge in [-0.3, -0.25) is 4.79 Å². The van der Waals surface area contributed by atoms with Crippen LogP contribution in [0.2, 0.25) is 5.02 Å². The first-order chi connectivity index (χ1) is 10.2. The number of nitriles is 1. The molecule has 6 heteroatoms. The minimum atomic E-state index is -0.354. The van der Waals surface area contributed by atoms with Crippen molar-refractivity contribution < 1.29 is 14.3 Å². The third-order valence-corrected chi connectivity index (χ3v) is 3.28. The van der Waals surface area contributed by atoms with E-state index in [4.69, 9.17) is 26.3 Å². The van der Waals surface area contributed by atoms with Crippen molar-refractivity contribution in [2.75, 3.05) is 12.1 Å². The van der Waals surface area contributed by atoms with Crippen molar-refractivity contribution in [2.24, 2.45) is 0 Å². The van der Waals surface area contributed by atoms with Gasteiger partial charge in [-0.2, -0.15) is 5.26 Å². The van der Waals surface area contributed by atoms with Gasteiger partial charge in [-0.05, 0) is 18.2 Å². The summed E-state index contributed by atoms with van der Waals surface area (Å²) in [5.74, 6) is 0.720. The highest BCUT2D eigenvalue weighted by Gasteiger charge is 2.18. The van der Waals surface area contributed by atoms with Gasteiger partial charge in [-0.25, -0.2) is 0 Å². The Balaban J connectivity index is 1.86. The molecule has 1 aliphatic rings. The SMILES string of the molecule is N#Cc1cccc(C(=O)Nc2cc3c(cc2Cl)OCO3)c1. The van der Waals surface area contributed by atoms with E-state index in [1.165, 1.54) is 6.07 Å². The van der Waals surface area contributed by atoms with Crippen LogP contribution in [0.5, 0.6) is 11.5 Å². The maximum atomic E-state index is 12.2. The summed E-state index contributed by atoms with van der Waals surface area (Å²) in [4.78, 5) is 12.2. The third-order valence-electron chi connectivity index (χ3n) is 2.96. The van der Waals surface area contributed by atoms with Crippen molar-refractivity contribution in [3.8, 4) is 17.6 Å². The van der Waals surface area contributed by atoms with E-state index in [9.17, 15) is 4.79 Å². The van der Waals surface area contributed by atoms with E-state index in [0.717, 1.165) is 0 Å². The molecule has 0 unspecified atom stereocenters. The molecule has 0 spiro atoms. The maximum Gasteiger partial charge on any atom is 0.255 e. The number of amides is 1. The summed E-state index contributed by atoms with van der Waals surface area (Å²) >= 11 is 6.10. The molecule has 3 rings (SSSR count). The lowest BCUT2D eigenvalue weighted by Crippen LogP contribution is -2.12. The number of benzene rings is 2. The van der Waals surface area contributed by atoms with E-state index in [1.807, 2.05) is 6.07 Å². The van der Waals surface area contributed by atoms with Crippen molar-refractivity contribution in [2.45, 2.75) is 0 Å². The van der Waals surface area contributed by atoms with E-state index in [0.29, 0.717) is 33.3 Å². The number of rotatable bonds is 2. The Morgan fingerprint density at radius 2 is 2.00 bits per heavy atom. The molecular formula is C15H9ClN2O3. The van der Waals surface area contributed by atoms with Crippen LogP contribution in [-0.4, -0.2) is 12.7 Å². The number of nitrogens with zero attached hydrogens (tertiary/aromatic N) is 1. The summed E-state index contributed by atoms with van der Waals surface area (Å²) in [5, 5.41) is 11.9. The Labute approximate surface area is 125 Å². The number of halogens is 1. The lowest BCUT2D eigenvalue weighted by molar-refractivity contribution is 0.102. The number of nitrogens with one attached hydrogen (secondary N) is 1. The predicted molar refractivity (Wildman–Crippen MR) is 76.7 cm³/mol. The molecule has 0 bridgehead atoms. The normalized spacial score (nSPS) is 11.8. The van der Waals surface area contributed by atoms with Gasteiger partial charge in [-0.1, -0.05) is 17.7 Å². The van der Waals surface area contributed by atoms with Gasteiger partial charge in [0.2, 0.25) is 6.79 Å². The van der Waals surface area contributed by atoms with E-state index in [-0.39, 0.29) is 12.7 Å². The second kappa shape index (κ2) is 5.35. The summed E-state index contributed by atoms with van der Waals surface area (Å²) in [7, 11) is 0. The van der Waals surface area contributed by atoms with Gasteiger partial charge < -0.3 is 14.8 Å². The summed E-state index contributed by atoms with van der Waals surface area (Å²) in [5.41, 5.74) is 1.22. The molecule has 0 saturated heterocycles. The second-order valence-electron chi connectivity index (χ2n) is 4.33.